The second-order valence-electron chi connectivity index (χ2n) is 25.7. The number of quaternary nitrogens is 1. The zero-order chi connectivity index (χ0) is 62.8. The topological polar surface area (TPSA) is 114 Å². The number of esters is 1. The maximum Gasteiger partial charge on any atom is 0.306 e. The van der Waals surface area contributed by atoms with Crippen LogP contribution in [0, 0.1) is 0 Å². The van der Waals surface area contributed by atoms with Crippen molar-refractivity contribution in [1.29, 1.82) is 0 Å². The maximum atomic E-state index is 13.6. The Morgan fingerprint density at radius 3 is 1.13 bits per heavy atom. The number of nitrogens with zero attached hydrogens (tertiary/aromatic N) is 1. The van der Waals surface area contributed by atoms with Crippen molar-refractivity contribution in [3.63, 3.8) is 0 Å². The number of phosphoric acid groups is 1. The zero-order valence-electron chi connectivity index (χ0n) is 57.3. The van der Waals surface area contributed by atoms with Crippen molar-refractivity contribution in [3.05, 3.63) is 85.1 Å². The Balaban J connectivity index is 5.04. The van der Waals surface area contributed by atoms with Crippen LogP contribution < -0.4 is 10.2 Å². The number of ether oxygens (including phenoxy) is 1. The first-order valence-electron chi connectivity index (χ1n) is 36.4. The lowest BCUT2D eigenvalue weighted by Gasteiger charge is -2.30. The molecule has 0 saturated carbocycles. The summed E-state index contributed by atoms with van der Waals surface area (Å²) in [4.78, 5) is 40.2. The number of likely N-dealkylation sites (N-methyl/N-ethyl adjacent to an activating group) is 1. The number of unbranched alkanes of at least 4 members (excludes halogenated alkanes) is 38. The van der Waals surface area contributed by atoms with Crippen molar-refractivity contribution in [3.8, 4) is 0 Å². The third-order valence-corrected chi connectivity index (χ3v) is 17.0. The minimum atomic E-state index is -4.71. The molecule has 0 spiro atoms. The van der Waals surface area contributed by atoms with Crippen LogP contribution in [0.1, 0.15) is 335 Å². The van der Waals surface area contributed by atoms with Crippen LogP contribution >= 0.6 is 7.82 Å². The summed E-state index contributed by atoms with van der Waals surface area (Å²) in [6.07, 6.45) is 87.2. The van der Waals surface area contributed by atoms with Gasteiger partial charge in [-0.2, -0.15) is 0 Å². The molecule has 1 amide bonds. The predicted octanol–water partition coefficient (Wildman–Crippen LogP) is 22.7. The molecule has 0 aromatic heterocycles. The van der Waals surface area contributed by atoms with Gasteiger partial charge >= 0.3 is 5.97 Å². The molecule has 0 bridgehead atoms. The number of amides is 1. The number of phosphoric ester groups is 1. The fourth-order valence-corrected chi connectivity index (χ4v) is 11.2. The number of allylic oxidation sites excluding steroid dienone is 13. The minimum absolute atomic E-state index is 0.0285. The van der Waals surface area contributed by atoms with E-state index in [4.69, 9.17) is 13.8 Å². The summed E-state index contributed by atoms with van der Waals surface area (Å²) in [6.45, 7) is 6.74. The van der Waals surface area contributed by atoms with Crippen molar-refractivity contribution in [2.75, 3.05) is 40.9 Å². The van der Waals surface area contributed by atoms with Gasteiger partial charge in [-0.05, 0) is 102 Å². The van der Waals surface area contributed by atoms with Gasteiger partial charge in [0.1, 0.15) is 19.3 Å². The zero-order valence-corrected chi connectivity index (χ0v) is 58.2. The summed E-state index contributed by atoms with van der Waals surface area (Å²) in [5.41, 5.74) is 0. The summed E-state index contributed by atoms with van der Waals surface area (Å²) >= 11 is 0. The summed E-state index contributed by atoms with van der Waals surface area (Å²) in [6, 6.07) is -0.903. The van der Waals surface area contributed by atoms with Crippen molar-refractivity contribution in [2.24, 2.45) is 0 Å². The highest BCUT2D eigenvalue weighted by Crippen LogP contribution is 2.38. The van der Waals surface area contributed by atoms with E-state index in [0.717, 1.165) is 103 Å². The highest BCUT2D eigenvalue weighted by molar-refractivity contribution is 7.45. The van der Waals surface area contributed by atoms with Crippen LogP contribution in [0.25, 0.3) is 0 Å². The first kappa shape index (κ1) is 83.2. The summed E-state index contributed by atoms with van der Waals surface area (Å²) < 4.78 is 30.4. The summed E-state index contributed by atoms with van der Waals surface area (Å²) in [5, 5.41) is 3.03. The highest BCUT2D eigenvalue weighted by Gasteiger charge is 2.27. The summed E-state index contributed by atoms with van der Waals surface area (Å²) in [5.74, 6) is -0.554. The molecule has 10 heteroatoms. The van der Waals surface area contributed by atoms with Gasteiger partial charge in [0.2, 0.25) is 5.91 Å². The molecule has 0 aromatic rings. The Morgan fingerprint density at radius 2 is 0.744 bits per heavy atom. The number of nitrogens with one attached hydrogen (secondary N) is 1. The van der Waals surface area contributed by atoms with E-state index < -0.39 is 26.6 Å². The molecule has 0 fully saturated rings. The van der Waals surface area contributed by atoms with Crippen molar-refractivity contribution in [2.45, 2.75) is 348 Å². The molecule has 0 rings (SSSR count). The Labute approximate surface area is 533 Å². The third kappa shape index (κ3) is 65.6. The van der Waals surface area contributed by atoms with Crippen LogP contribution in [0.15, 0.2) is 85.1 Å². The van der Waals surface area contributed by atoms with Crippen molar-refractivity contribution in [1.82, 2.24) is 5.32 Å². The number of rotatable bonds is 66. The molecule has 86 heavy (non-hydrogen) atoms. The molecule has 0 aliphatic rings. The van der Waals surface area contributed by atoms with E-state index in [1.54, 1.807) is 0 Å². The van der Waals surface area contributed by atoms with Crippen LogP contribution in [0.5, 0.6) is 0 Å². The van der Waals surface area contributed by atoms with Gasteiger partial charge in [0, 0.05) is 12.8 Å². The minimum Gasteiger partial charge on any atom is -0.756 e. The third-order valence-electron chi connectivity index (χ3n) is 16.1. The van der Waals surface area contributed by atoms with Gasteiger partial charge in [0.25, 0.3) is 7.82 Å². The monoisotopic (exact) mass is 1220 g/mol. The molecular weight excluding hydrogens is 1080 g/mol. The van der Waals surface area contributed by atoms with Gasteiger partial charge in [-0.1, -0.05) is 305 Å². The maximum absolute atomic E-state index is 13.6. The van der Waals surface area contributed by atoms with E-state index in [0.29, 0.717) is 23.9 Å². The Bertz CT molecular complexity index is 1750. The Hall–Kier alpha value is -2.81. The van der Waals surface area contributed by atoms with Gasteiger partial charge in [0.05, 0.1) is 33.8 Å². The van der Waals surface area contributed by atoms with Gasteiger partial charge in [-0.25, -0.2) is 0 Å². The second kappa shape index (κ2) is 65.2. The molecule has 9 nitrogen and oxygen atoms in total. The van der Waals surface area contributed by atoms with E-state index in [-0.39, 0.29) is 24.9 Å². The van der Waals surface area contributed by atoms with Crippen molar-refractivity contribution < 1.29 is 37.3 Å². The molecule has 0 aliphatic carbocycles. The average Bonchev–Trinajstić information content (AvgIpc) is 3.66. The SMILES string of the molecule is CC/C=C\C/C=C\C/C=C\C/C=C\C/C=C\CCCCCCCC(=O)NC(COP(=O)([O-])OCC[N+](C)(C)C)C(/C=C\CCCCCCCCCCCC)OC(=O)CCCCCCCCCCCCCCCCCCC/C=C/CCCCCCCC. The van der Waals surface area contributed by atoms with E-state index in [1.807, 2.05) is 33.3 Å². The number of hydrogen-bond acceptors (Lipinski definition) is 7. The number of hydrogen-bond donors (Lipinski definition) is 1. The first-order chi connectivity index (χ1) is 41.9. The fraction of sp³-hybridized carbons (Fsp3) is 0.789. The standard InChI is InChI=1S/C76H139N2O7P/c1-7-10-13-16-19-22-25-28-30-32-34-36-37-38-39-40-41-43-45-47-49-51-54-57-60-63-66-69-76(80)85-74(67-64-61-58-55-52-27-24-21-18-15-12-9-3)73(72-84-86(81,82)83-71-70-78(4,5)6)77-75(79)68-65-62-59-56-53-50-48-46-44-42-35-33-31-29-26-23-20-17-14-11-8-2/h11,14,20,23,28-31,35,42,46,48,64,67,73-74H,7-10,12-13,15-19,21-22,24-27,32-34,36-41,43-45,47,49-63,65-66,68-72H2,1-6H3,(H-,77,79,81,82)/b14-11-,23-20-,30-28+,31-29-,42-35-,48-46-,67-64-. The van der Waals surface area contributed by atoms with E-state index in [2.05, 4.69) is 99.0 Å². The number of carbonyl (C=O) groups excluding carboxylic acids is 2. The largest absolute Gasteiger partial charge is 0.756 e. The lowest BCUT2D eigenvalue weighted by Crippen LogP contribution is -2.47. The lowest BCUT2D eigenvalue weighted by atomic mass is 10.0. The molecule has 0 radical (unpaired) electrons. The van der Waals surface area contributed by atoms with Gasteiger partial charge in [-0.3, -0.25) is 14.2 Å². The van der Waals surface area contributed by atoms with Gasteiger partial charge in [-0.15, -0.1) is 0 Å². The van der Waals surface area contributed by atoms with E-state index in [9.17, 15) is 19.0 Å². The molecule has 0 saturated heterocycles. The molecule has 500 valence electrons. The highest BCUT2D eigenvalue weighted by atomic mass is 31.2. The normalized spacial score (nSPS) is 14.0. The summed E-state index contributed by atoms with van der Waals surface area (Å²) in [7, 11) is 1.17. The van der Waals surface area contributed by atoms with E-state index >= 15 is 0 Å². The van der Waals surface area contributed by atoms with Crippen molar-refractivity contribution >= 4 is 19.7 Å². The molecule has 3 unspecified atom stereocenters. The van der Waals surface area contributed by atoms with E-state index in [1.165, 1.54) is 193 Å². The predicted molar refractivity (Wildman–Crippen MR) is 371 cm³/mol. The Kier molecular flexibility index (Phi) is 63.0. The molecule has 0 aromatic carbocycles. The molecule has 3 atom stereocenters. The van der Waals surface area contributed by atoms with Gasteiger partial charge < -0.3 is 28.5 Å². The molecule has 1 N–H and O–H groups in total. The molecule has 0 aliphatic heterocycles. The molecule has 0 heterocycles. The smallest absolute Gasteiger partial charge is 0.306 e. The second-order valence-corrected chi connectivity index (χ2v) is 27.1. The average molecular weight is 1220 g/mol. The lowest BCUT2D eigenvalue weighted by molar-refractivity contribution is -0.870. The van der Waals surface area contributed by atoms with Crippen LogP contribution in [0.3, 0.4) is 0 Å². The van der Waals surface area contributed by atoms with Crippen LogP contribution in [0.4, 0.5) is 0 Å². The molecular formula is C76H139N2O7P. The number of carbonyl (C=O) groups is 2. The quantitative estimate of drug-likeness (QED) is 0.0212. The Morgan fingerprint density at radius 1 is 0.419 bits per heavy atom. The van der Waals surface area contributed by atoms with Crippen LogP contribution in [-0.2, 0) is 27.9 Å². The first-order valence-corrected chi connectivity index (χ1v) is 37.9. The van der Waals surface area contributed by atoms with Gasteiger partial charge in [0.15, 0.2) is 0 Å². The van der Waals surface area contributed by atoms with Crippen LogP contribution in [-0.4, -0.2) is 69.4 Å². The van der Waals surface area contributed by atoms with Crippen LogP contribution in [0.2, 0.25) is 0 Å². The fourth-order valence-electron chi connectivity index (χ4n) is 10.5.